The largest absolute Gasteiger partial charge is 0.358 e. The number of aromatic amines is 1. The van der Waals surface area contributed by atoms with E-state index in [9.17, 15) is 0 Å². The molecule has 1 aromatic carbocycles. The summed E-state index contributed by atoms with van der Waals surface area (Å²) in [6, 6.07) is 11.6. The van der Waals surface area contributed by atoms with Crippen molar-refractivity contribution in [1.29, 1.82) is 0 Å². The smallest absolute Gasteiger partial charge is 0.0456 e. The highest BCUT2D eigenvalue weighted by molar-refractivity contribution is 5.80. The van der Waals surface area contributed by atoms with Crippen LogP contribution >= 0.6 is 0 Å². The summed E-state index contributed by atoms with van der Waals surface area (Å²) in [4.78, 5) is 6.19. The molecular weight excluding hydrogens is 220 g/mol. The van der Waals surface area contributed by atoms with Crippen molar-refractivity contribution in [3.8, 4) is 0 Å². The van der Waals surface area contributed by atoms with Gasteiger partial charge in [-0.1, -0.05) is 18.2 Å². The molecule has 1 fully saturated rings. The molecule has 3 rings (SSSR count). The maximum atomic E-state index is 3.60. The summed E-state index contributed by atoms with van der Waals surface area (Å²) in [5, 5.41) is 1.34. The van der Waals surface area contributed by atoms with Gasteiger partial charge in [-0.3, -0.25) is 0 Å². The van der Waals surface area contributed by atoms with Gasteiger partial charge in [-0.05, 0) is 50.8 Å². The molecule has 0 saturated carbocycles. The van der Waals surface area contributed by atoms with E-state index in [1.54, 1.807) is 0 Å². The summed E-state index contributed by atoms with van der Waals surface area (Å²) in [7, 11) is 0. The Labute approximate surface area is 109 Å². The van der Waals surface area contributed by atoms with Crippen molar-refractivity contribution in [1.82, 2.24) is 9.88 Å². The molecule has 2 heteroatoms. The van der Waals surface area contributed by atoms with E-state index in [1.165, 1.54) is 42.5 Å². The molecule has 1 N–H and O–H groups in total. The van der Waals surface area contributed by atoms with Gasteiger partial charge in [0.2, 0.25) is 0 Å². The van der Waals surface area contributed by atoms with Crippen LogP contribution in [-0.2, 0) is 0 Å². The number of rotatable bonds is 2. The van der Waals surface area contributed by atoms with Crippen LogP contribution in [0.25, 0.3) is 10.9 Å². The zero-order valence-electron chi connectivity index (χ0n) is 11.3. The van der Waals surface area contributed by atoms with Gasteiger partial charge in [-0.15, -0.1) is 0 Å². The van der Waals surface area contributed by atoms with Gasteiger partial charge in [0.05, 0.1) is 0 Å². The number of hydrogen-bond donors (Lipinski definition) is 1. The van der Waals surface area contributed by atoms with Gasteiger partial charge >= 0.3 is 0 Å². The molecule has 18 heavy (non-hydrogen) atoms. The zero-order valence-corrected chi connectivity index (χ0v) is 11.3. The fraction of sp³-hybridized carbons (Fsp3) is 0.500. The van der Waals surface area contributed by atoms with Crippen LogP contribution in [-0.4, -0.2) is 29.0 Å². The zero-order chi connectivity index (χ0) is 12.5. The minimum Gasteiger partial charge on any atom is -0.358 e. The van der Waals surface area contributed by atoms with Crippen molar-refractivity contribution < 1.29 is 0 Å². The van der Waals surface area contributed by atoms with E-state index >= 15 is 0 Å². The number of nitrogens with zero attached hydrogens (tertiary/aromatic N) is 1. The first-order chi connectivity index (χ1) is 8.74. The lowest BCUT2D eigenvalue weighted by Gasteiger charge is -2.35. The monoisotopic (exact) mass is 242 g/mol. The van der Waals surface area contributed by atoms with Crippen molar-refractivity contribution in [2.45, 2.75) is 38.6 Å². The number of aromatic nitrogens is 1. The molecule has 2 nitrogen and oxygen atoms in total. The maximum absolute atomic E-state index is 3.60. The average molecular weight is 242 g/mol. The highest BCUT2D eigenvalue weighted by Crippen LogP contribution is 2.29. The molecule has 0 bridgehead atoms. The maximum Gasteiger partial charge on any atom is 0.0456 e. The molecule has 1 aliphatic rings. The summed E-state index contributed by atoms with van der Waals surface area (Å²) >= 11 is 0. The topological polar surface area (TPSA) is 19.0 Å². The van der Waals surface area contributed by atoms with E-state index in [0.29, 0.717) is 12.0 Å². The second-order valence-corrected chi connectivity index (χ2v) is 5.74. The molecular formula is C16H22N2. The molecule has 1 unspecified atom stereocenters. The summed E-state index contributed by atoms with van der Waals surface area (Å²) in [5.74, 6) is 0.675. The predicted octanol–water partition coefficient (Wildman–Crippen LogP) is 3.76. The number of benzene rings is 1. The Bertz CT molecular complexity index is 494. The van der Waals surface area contributed by atoms with Gasteiger partial charge < -0.3 is 9.88 Å². The highest BCUT2D eigenvalue weighted by Gasteiger charge is 2.23. The third-order valence-corrected chi connectivity index (χ3v) is 4.17. The number of nitrogens with one attached hydrogen (secondary N) is 1. The molecule has 1 aromatic heterocycles. The number of H-pyrrole nitrogens is 1. The molecule has 0 aliphatic carbocycles. The SMILES string of the molecule is CC(C)N1CCCC(c2cc3ccccc3[nH]2)C1. The Morgan fingerprint density at radius 3 is 2.89 bits per heavy atom. The quantitative estimate of drug-likeness (QED) is 0.849. The summed E-state index contributed by atoms with van der Waals surface area (Å²) in [5.41, 5.74) is 2.69. The lowest BCUT2D eigenvalue weighted by atomic mass is 9.94. The van der Waals surface area contributed by atoms with Gasteiger partial charge in [0, 0.05) is 29.7 Å². The number of hydrogen-bond acceptors (Lipinski definition) is 1. The summed E-state index contributed by atoms with van der Waals surface area (Å²) in [6.45, 7) is 7.06. The summed E-state index contributed by atoms with van der Waals surface area (Å²) < 4.78 is 0. The number of likely N-dealkylation sites (tertiary alicyclic amines) is 1. The molecule has 1 aliphatic heterocycles. The van der Waals surface area contributed by atoms with Crippen molar-refractivity contribution in [3.05, 3.63) is 36.0 Å². The normalized spacial score (nSPS) is 21.8. The van der Waals surface area contributed by atoms with Crippen LogP contribution in [0.4, 0.5) is 0 Å². The van der Waals surface area contributed by atoms with Crippen molar-refractivity contribution >= 4 is 10.9 Å². The van der Waals surface area contributed by atoms with Crippen LogP contribution in [0.1, 0.15) is 38.3 Å². The first kappa shape index (κ1) is 11.8. The van der Waals surface area contributed by atoms with Crippen molar-refractivity contribution in [2.75, 3.05) is 13.1 Å². The van der Waals surface area contributed by atoms with Crippen molar-refractivity contribution in [2.24, 2.45) is 0 Å². The molecule has 96 valence electrons. The van der Waals surface area contributed by atoms with Crippen LogP contribution < -0.4 is 0 Å². The van der Waals surface area contributed by atoms with E-state index in [4.69, 9.17) is 0 Å². The average Bonchev–Trinajstić information content (AvgIpc) is 2.82. The van der Waals surface area contributed by atoms with E-state index in [-0.39, 0.29) is 0 Å². The lowest BCUT2D eigenvalue weighted by molar-refractivity contribution is 0.166. The molecule has 1 saturated heterocycles. The molecule has 1 atom stereocenters. The lowest BCUT2D eigenvalue weighted by Crippen LogP contribution is -2.39. The Kier molecular flexibility index (Phi) is 3.13. The van der Waals surface area contributed by atoms with Gasteiger partial charge in [0.1, 0.15) is 0 Å². The highest BCUT2D eigenvalue weighted by atomic mass is 15.2. The third-order valence-electron chi connectivity index (χ3n) is 4.17. The van der Waals surface area contributed by atoms with Crippen LogP contribution in [0.3, 0.4) is 0 Å². The van der Waals surface area contributed by atoms with Gasteiger partial charge in [0.15, 0.2) is 0 Å². The van der Waals surface area contributed by atoms with Crippen LogP contribution in [0.15, 0.2) is 30.3 Å². The molecule has 0 amide bonds. The van der Waals surface area contributed by atoms with Crippen LogP contribution in [0, 0.1) is 0 Å². The van der Waals surface area contributed by atoms with Crippen LogP contribution in [0.2, 0.25) is 0 Å². The Morgan fingerprint density at radius 1 is 1.28 bits per heavy atom. The Hall–Kier alpha value is -1.28. The van der Waals surface area contributed by atoms with E-state index in [2.05, 4.69) is 54.1 Å². The van der Waals surface area contributed by atoms with Crippen LogP contribution in [0.5, 0.6) is 0 Å². The third kappa shape index (κ3) is 2.17. The van der Waals surface area contributed by atoms with Gasteiger partial charge in [-0.25, -0.2) is 0 Å². The minimum atomic E-state index is 0.664. The second kappa shape index (κ2) is 4.77. The molecule has 0 spiro atoms. The molecule has 0 radical (unpaired) electrons. The summed E-state index contributed by atoms with van der Waals surface area (Å²) in [6.07, 6.45) is 2.63. The van der Waals surface area contributed by atoms with Gasteiger partial charge in [-0.2, -0.15) is 0 Å². The fourth-order valence-corrected chi connectivity index (χ4v) is 3.05. The van der Waals surface area contributed by atoms with E-state index in [0.717, 1.165) is 0 Å². The minimum absolute atomic E-state index is 0.664. The molecule has 2 aromatic rings. The number of fused-ring (bicyclic) bond motifs is 1. The second-order valence-electron chi connectivity index (χ2n) is 5.74. The first-order valence-electron chi connectivity index (χ1n) is 7.06. The van der Waals surface area contributed by atoms with E-state index in [1.807, 2.05) is 0 Å². The number of para-hydroxylation sites is 1. The predicted molar refractivity (Wildman–Crippen MR) is 77.0 cm³/mol. The molecule has 2 heterocycles. The van der Waals surface area contributed by atoms with Gasteiger partial charge in [0.25, 0.3) is 0 Å². The Morgan fingerprint density at radius 2 is 2.11 bits per heavy atom. The number of piperidine rings is 1. The Balaban J connectivity index is 1.85. The first-order valence-corrected chi connectivity index (χ1v) is 7.06. The fourth-order valence-electron chi connectivity index (χ4n) is 3.05. The van der Waals surface area contributed by atoms with E-state index < -0.39 is 0 Å². The van der Waals surface area contributed by atoms with Crippen molar-refractivity contribution in [3.63, 3.8) is 0 Å². The standard InChI is InChI=1S/C16H22N2/c1-12(2)18-9-5-7-14(11-18)16-10-13-6-3-4-8-15(13)17-16/h3-4,6,8,10,12,14,17H,5,7,9,11H2,1-2H3.